The first-order chi connectivity index (χ1) is 7.52. The Balaban J connectivity index is 2.86. The van der Waals surface area contributed by atoms with Gasteiger partial charge in [-0.15, -0.1) is 0 Å². The van der Waals surface area contributed by atoms with Gasteiger partial charge in [-0.05, 0) is 5.92 Å². The predicted octanol–water partition coefficient (Wildman–Crippen LogP) is 1.95. The quantitative estimate of drug-likeness (QED) is 0.525. The van der Waals surface area contributed by atoms with Crippen molar-refractivity contribution in [2.24, 2.45) is 11.8 Å². The van der Waals surface area contributed by atoms with Crippen LogP contribution in [-0.2, 0) is 0 Å². The molecule has 0 fully saturated rings. The molecule has 0 aromatic carbocycles. The second-order valence-electron chi connectivity index (χ2n) is 4.57. The Bertz CT molecular complexity index is 335. The fourth-order valence-electron chi connectivity index (χ4n) is 1.20. The van der Waals surface area contributed by atoms with Crippen LogP contribution in [0.1, 0.15) is 39.4 Å². The van der Waals surface area contributed by atoms with Crippen LogP contribution < -0.4 is 16.6 Å². The first-order valence-corrected chi connectivity index (χ1v) is 5.62. The van der Waals surface area contributed by atoms with Gasteiger partial charge in [0.25, 0.3) is 0 Å². The molecule has 1 aromatic rings. The molecule has 1 aromatic heterocycles. The van der Waals surface area contributed by atoms with Crippen molar-refractivity contribution in [2.75, 3.05) is 17.3 Å². The van der Waals surface area contributed by atoms with Crippen LogP contribution in [0.5, 0.6) is 0 Å². The van der Waals surface area contributed by atoms with Crippen LogP contribution in [0.3, 0.4) is 0 Å². The maximum Gasteiger partial charge on any atom is 0.145 e. The number of nitrogens with one attached hydrogen (secondary N) is 2. The zero-order valence-corrected chi connectivity index (χ0v) is 10.4. The summed E-state index contributed by atoms with van der Waals surface area (Å²) < 4.78 is 0. The normalized spacial score (nSPS) is 10.9. The highest BCUT2D eigenvalue weighted by Gasteiger charge is 2.07. The number of nitrogen functional groups attached to an aromatic ring is 1. The lowest BCUT2D eigenvalue weighted by Crippen LogP contribution is -2.14. The molecule has 16 heavy (non-hydrogen) atoms. The fourth-order valence-corrected chi connectivity index (χ4v) is 1.20. The van der Waals surface area contributed by atoms with Gasteiger partial charge in [0, 0.05) is 18.5 Å². The van der Waals surface area contributed by atoms with Crippen molar-refractivity contribution in [3.8, 4) is 0 Å². The van der Waals surface area contributed by atoms with Crippen molar-refractivity contribution in [1.82, 2.24) is 9.97 Å². The van der Waals surface area contributed by atoms with Crippen LogP contribution in [0.4, 0.5) is 11.6 Å². The highest BCUT2D eigenvalue weighted by molar-refractivity contribution is 5.47. The molecule has 4 N–H and O–H groups in total. The monoisotopic (exact) mass is 223 g/mol. The van der Waals surface area contributed by atoms with E-state index in [2.05, 4.69) is 48.4 Å². The van der Waals surface area contributed by atoms with E-state index in [4.69, 9.17) is 5.84 Å². The summed E-state index contributed by atoms with van der Waals surface area (Å²) in [5.74, 6) is 8.49. The Kier molecular flexibility index (Phi) is 4.49. The fraction of sp³-hybridized carbons (Fsp3) is 0.636. The molecular weight excluding hydrogens is 202 g/mol. The minimum atomic E-state index is 0.285. The Morgan fingerprint density at radius 1 is 1.19 bits per heavy atom. The van der Waals surface area contributed by atoms with Gasteiger partial charge in [-0.25, -0.2) is 15.8 Å². The van der Waals surface area contributed by atoms with Gasteiger partial charge in [0.05, 0.1) is 0 Å². The van der Waals surface area contributed by atoms with Gasteiger partial charge in [-0.2, -0.15) is 0 Å². The van der Waals surface area contributed by atoms with Gasteiger partial charge < -0.3 is 10.7 Å². The third kappa shape index (κ3) is 3.66. The van der Waals surface area contributed by atoms with E-state index in [1.807, 2.05) is 6.07 Å². The van der Waals surface area contributed by atoms with Crippen LogP contribution in [0.15, 0.2) is 6.07 Å². The molecule has 0 aliphatic heterocycles. The van der Waals surface area contributed by atoms with E-state index < -0.39 is 0 Å². The summed E-state index contributed by atoms with van der Waals surface area (Å²) in [7, 11) is 0. The van der Waals surface area contributed by atoms with Gasteiger partial charge in [-0.3, -0.25) is 0 Å². The van der Waals surface area contributed by atoms with Gasteiger partial charge in [0.2, 0.25) is 0 Å². The third-order valence-electron chi connectivity index (χ3n) is 2.10. The lowest BCUT2D eigenvalue weighted by atomic mass is 10.2. The number of rotatable bonds is 5. The Hall–Kier alpha value is -1.36. The van der Waals surface area contributed by atoms with E-state index in [0.717, 1.165) is 18.2 Å². The summed E-state index contributed by atoms with van der Waals surface area (Å²) in [5.41, 5.74) is 2.56. The average molecular weight is 223 g/mol. The van der Waals surface area contributed by atoms with Crippen molar-refractivity contribution in [3.05, 3.63) is 11.9 Å². The standard InChI is InChI=1S/C11H21N5/c1-7(2)6-13-9-5-10(16-12)15-11(14-9)8(3)4/h5,7-8H,6,12H2,1-4H3,(H2,13,14,15,16). The van der Waals surface area contributed by atoms with Crippen LogP contribution >= 0.6 is 0 Å². The number of hydrazine groups is 1. The summed E-state index contributed by atoms with van der Waals surface area (Å²) in [5, 5.41) is 3.27. The lowest BCUT2D eigenvalue weighted by Gasteiger charge is -2.12. The SMILES string of the molecule is CC(C)CNc1cc(NN)nc(C(C)C)n1. The Labute approximate surface area is 96.8 Å². The number of aromatic nitrogens is 2. The summed E-state index contributed by atoms with van der Waals surface area (Å²) in [6.07, 6.45) is 0. The van der Waals surface area contributed by atoms with E-state index in [0.29, 0.717) is 11.7 Å². The molecule has 90 valence electrons. The number of hydrogen-bond donors (Lipinski definition) is 3. The third-order valence-corrected chi connectivity index (χ3v) is 2.10. The molecule has 0 aliphatic carbocycles. The van der Waals surface area contributed by atoms with E-state index in [-0.39, 0.29) is 5.92 Å². The largest absolute Gasteiger partial charge is 0.370 e. The maximum absolute atomic E-state index is 5.38. The molecular formula is C11H21N5. The summed E-state index contributed by atoms with van der Waals surface area (Å²) in [6.45, 7) is 9.31. The topological polar surface area (TPSA) is 75.9 Å². The molecule has 0 saturated carbocycles. The molecule has 0 unspecified atom stereocenters. The molecule has 0 bridgehead atoms. The van der Waals surface area contributed by atoms with Gasteiger partial charge in [0.15, 0.2) is 0 Å². The number of nitrogens with zero attached hydrogens (tertiary/aromatic N) is 2. The van der Waals surface area contributed by atoms with Crippen molar-refractivity contribution in [1.29, 1.82) is 0 Å². The summed E-state index contributed by atoms with van der Waals surface area (Å²) in [6, 6.07) is 1.81. The molecule has 0 saturated heterocycles. The van der Waals surface area contributed by atoms with E-state index in [9.17, 15) is 0 Å². The van der Waals surface area contributed by atoms with E-state index in [1.165, 1.54) is 0 Å². The number of nitrogens with two attached hydrogens (primary N) is 1. The Morgan fingerprint density at radius 2 is 1.81 bits per heavy atom. The molecule has 1 rings (SSSR count). The number of hydrogen-bond acceptors (Lipinski definition) is 5. The van der Waals surface area contributed by atoms with Crippen LogP contribution in [-0.4, -0.2) is 16.5 Å². The highest BCUT2D eigenvalue weighted by Crippen LogP contribution is 2.16. The predicted molar refractivity (Wildman–Crippen MR) is 67.3 cm³/mol. The summed E-state index contributed by atoms with van der Waals surface area (Å²) >= 11 is 0. The highest BCUT2D eigenvalue weighted by atomic mass is 15.3. The zero-order valence-electron chi connectivity index (χ0n) is 10.4. The van der Waals surface area contributed by atoms with Gasteiger partial charge in [-0.1, -0.05) is 27.7 Å². The van der Waals surface area contributed by atoms with Crippen LogP contribution in [0, 0.1) is 5.92 Å². The molecule has 5 heteroatoms. The van der Waals surface area contributed by atoms with Crippen molar-refractivity contribution in [3.63, 3.8) is 0 Å². The van der Waals surface area contributed by atoms with Crippen molar-refractivity contribution < 1.29 is 0 Å². The molecule has 0 atom stereocenters. The molecule has 0 spiro atoms. The van der Waals surface area contributed by atoms with E-state index in [1.54, 1.807) is 0 Å². The summed E-state index contributed by atoms with van der Waals surface area (Å²) in [4.78, 5) is 8.73. The van der Waals surface area contributed by atoms with Gasteiger partial charge >= 0.3 is 0 Å². The smallest absolute Gasteiger partial charge is 0.145 e. The zero-order chi connectivity index (χ0) is 12.1. The van der Waals surface area contributed by atoms with Crippen LogP contribution in [0.25, 0.3) is 0 Å². The molecule has 0 aliphatic rings. The second kappa shape index (κ2) is 5.65. The molecule has 5 nitrogen and oxygen atoms in total. The Morgan fingerprint density at radius 3 is 2.31 bits per heavy atom. The molecule has 0 amide bonds. The van der Waals surface area contributed by atoms with Crippen LogP contribution in [0.2, 0.25) is 0 Å². The van der Waals surface area contributed by atoms with E-state index >= 15 is 0 Å². The molecule has 0 radical (unpaired) electrons. The molecule has 1 heterocycles. The van der Waals surface area contributed by atoms with Crippen molar-refractivity contribution in [2.45, 2.75) is 33.6 Å². The first kappa shape index (κ1) is 12.7. The average Bonchev–Trinajstić information content (AvgIpc) is 2.25. The number of anilines is 2. The van der Waals surface area contributed by atoms with Gasteiger partial charge in [0.1, 0.15) is 17.5 Å². The minimum absolute atomic E-state index is 0.285. The van der Waals surface area contributed by atoms with Crippen molar-refractivity contribution >= 4 is 11.6 Å². The minimum Gasteiger partial charge on any atom is -0.370 e. The second-order valence-corrected chi connectivity index (χ2v) is 4.57. The lowest BCUT2D eigenvalue weighted by molar-refractivity contribution is 0.684. The first-order valence-electron chi connectivity index (χ1n) is 5.62. The maximum atomic E-state index is 5.38.